The SMILES string of the molecule is Cc1nc2cc(C(=O)C(=O)CC(=O)O)ccc2o1. The molecule has 0 atom stereocenters. The van der Waals surface area contributed by atoms with Crippen LogP contribution >= 0.6 is 0 Å². The summed E-state index contributed by atoms with van der Waals surface area (Å²) in [5, 5.41) is 8.45. The van der Waals surface area contributed by atoms with Crippen molar-refractivity contribution in [2.45, 2.75) is 13.3 Å². The van der Waals surface area contributed by atoms with Gasteiger partial charge in [-0.2, -0.15) is 0 Å². The Hall–Kier alpha value is -2.50. The highest BCUT2D eigenvalue weighted by Crippen LogP contribution is 2.17. The third kappa shape index (κ3) is 2.27. The quantitative estimate of drug-likeness (QED) is 0.497. The second-order valence-corrected chi connectivity index (χ2v) is 3.74. The molecule has 0 radical (unpaired) electrons. The molecule has 1 aromatic carbocycles. The van der Waals surface area contributed by atoms with E-state index in [1.165, 1.54) is 18.2 Å². The molecule has 2 rings (SSSR count). The highest BCUT2D eigenvalue weighted by molar-refractivity contribution is 6.45. The number of aromatic nitrogens is 1. The molecule has 0 spiro atoms. The fourth-order valence-corrected chi connectivity index (χ4v) is 1.56. The van der Waals surface area contributed by atoms with Crippen molar-refractivity contribution in [3.63, 3.8) is 0 Å². The summed E-state index contributed by atoms with van der Waals surface area (Å²) >= 11 is 0. The number of carbonyl (C=O) groups is 3. The predicted octanol–water partition coefficient (Wildman–Crippen LogP) is 1.36. The van der Waals surface area contributed by atoms with E-state index >= 15 is 0 Å². The number of carbonyl (C=O) groups excluding carboxylic acids is 2. The molecule has 18 heavy (non-hydrogen) atoms. The molecule has 6 heteroatoms. The van der Waals surface area contributed by atoms with E-state index < -0.39 is 24.0 Å². The molecule has 0 amide bonds. The monoisotopic (exact) mass is 247 g/mol. The standard InChI is InChI=1S/C12H9NO5/c1-6-13-8-4-7(2-3-10(8)18-6)12(17)9(14)5-11(15)16/h2-4H,5H2,1H3,(H,15,16). The van der Waals surface area contributed by atoms with Gasteiger partial charge in [0.2, 0.25) is 11.6 Å². The molecular formula is C12H9NO5. The van der Waals surface area contributed by atoms with Gasteiger partial charge in [-0.05, 0) is 18.2 Å². The summed E-state index contributed by atoms with van der Waals surface area (Å²) in [6.07, 6.45) is -0.811. The molecule has 0 aliphatic carbocycles. The van der Waals surface area contributed by atoms with Crippen LogP contribution in [0, 0.1) is 6.92 Å². The number of aryl methyl sites for hydroxylation is 1. The number of ketones is 2. The summed E-state index contributed by atoms with van der Waals surface area (Å²) in [4.78, 5) is 37.4. The molecule has 0 bridgehead atoms. The van der Waals surface area contributed by atoms with Crippen LogP contribution in [0.15, 0.2) is 22.6 Å². The molecule has 0 fully saturated rings. The molecule has 1 N–H and O–H groups in total. The number of Topliss-reactive ketones (excluding diaryl/α,β-unsaturated/α-hetero) is 2. The molecule has 0 saturated heterocycles. The highest BCUT2D eigenvalue weighted by atomic mass is 16.4. The molecule has 92 valence electrons. The number of hydrogen-bond donors (Lipinski definition) is 1. The number of aliphatic carboxylic acids is 1. The van der Waals surface area contributed by atoms with E-state index in [1.807, 2.05) is 0 Å². The topological polar surface area (TPSA) is 97.5 Å². The van der Waals surface area contributed by atoms with Crippen LogP contribution in [0.25, 0.3) is 11.1 Å². The largest absolute Gasteiger partial charge is 0.481 e. The van der Waals surface area contributed by atoms with E-state index in [0.29, 0.717) is 17.0 Å². The minimum absolute atomic E-state index is 0.113. The van der Waals surface area contributed by atoms with Crippen molar-refractivity contribution in [1.82, 2.24) is 4.98 Å². The van der Waals surface area contributed by atoms with Crippen LogP contribution in [0.1, 0.15) is 22.7 Å². The minimum Gasteiger partial charge on any atom is -0.481 e. The van der Waals surface area contributed by atoms with Gasteiger partial charge in [0, 0.05) is 12.5 Å². The number of carboxylic acid groups (broad SMARTS) is 1. The Morgan fingerprint density at radius 1 is 1.33 bits per heavy atom. The zero-order valence-corrected chi connectivity index (χ0v) is 9.47. The number of fused-ring (bicyclic) bond motifs is 1. The lowest BCUT2D eigenvalue weighted by molar-refractivity contribution is -0.139. The van der Waals surface area contributed by atoms with Crippen LogP contribution in [-0.4, -0.2) is 27.6 Å². The number of carboxylic acids is 1. The van der Waals surface area contributed by atoms with Crippen molar-refractivity contribution < 1.29 is 23.9 Å². The van der Waals surface area contributed by atoms with Crippen LogP contribution in [0.4, 0.5) is 0 Å². The lowest BCUT2D eigenvalue weighted by atomic mass is 10.1. The van der Waals surface area contributed by atoms with Gasteiger partial charge in [-0.3, -0.25) is 14.4 Å². The van der Waals surface area contributed by atoms with Gasteiger partial charge in [0.1, 0.15) is 11.9 Å². The van der Waals surface area contributed by atoms with E-state index in [0.717, 1.165) is 0 Å². The first-order valence-corrected chi connectivity index (χ1v) is 5.14. The van der Waals surface area contributed by atoms with Gasteiger partial charge < -0.3 is 9.52 Å². The second-order valence-electron chi connectivity index (χ2n) is 3.74. The zero-order valence-electron chi connectivity index (χ0n) is 9.47. The van der Waals surface area contributed by atoms with Crippen LogP contribution in [0.5, 0.6) is 0 Å². The smallest absolute Gasteiger partial charge is 0.311 e. The summed E-state index contributed by atoms with van der Waals surface area (Å²) in [7, 11) is 0. The van der Waals surface area contributed by atoms with Crippen molar-refractivity contribution in [2.75, 3.05) is 0 Å². The summed E-state index contributed by atoms with van der Waals surface area (Å²) in [5.41, 5.74) is 1.08. The highest BCUT2D eigenvalue weighted by Gasteiger charge is 2.19. The predicted molar refractivity (Wildman–Crippen MR) is 60.3 cm³/mol. The summed E-state index contributed by atoms with van der Waals surface area (Å²) in [6.45, 7) is 1.66. The van der Waals surface area contributed by atoms with Gasteiger partial charge in [0.25, 0.3) is 0 Å². The lowest BCUT2D eigenvalue weighted by Crippen LogP contribution is -2.17. The van der Waals surface area contributed by atoms with E-state index in [1.54, 1.807) is 6.92 Å². The second kappa shape index (κ2) is 4.40. The van der Waals surface area contributed by atoms with Gasteiger partial charge >= 0.3 is 5.97 Å². The Kier molecular flexibility index (Phi) is 2.93. The van der Waals surface area contributed by atoms with E-state index in [4.69, 9.17) is 9.52 Å². The van der Waals surface area contributed by atoms with Gasteiger partial charge in [0.15, 0.2) is 11.5 Å². The zero-order chi connectivity index (χ0) is 13.3. The molecular weight excluding hydrogens is 238 g/mol. The Bertz CT molecular complexity index is 656. The van der Waals surface area contributed by atoms with Gasteiger partial charge in [-0.25, -0.2) is 4.98 Å². The lowest BCUT2D eigenvalue weighted by Gasteiger charge is -1.97. The Morgan fingerprint density at radius 2 is 2.06 bits per heavy atom. The number of hydrogen-bond acceptors (Lipinski definition) is 5. The van der Waals surface area contributed by atoms with Gasteiger partial charge in [-0.1, -0.05) is 0 Å². The maximum atomic E-state index is 11.7. The van der Waals surface area contributed by atoms with E-state index in [-0.39, 0.29) is 5.56 Å². The van der Waals surface area contributed by atoms with E-state index in [9.17, 15) is 14.4 Å². The molecule has 1 aromatic heterocycles. The van der Waals surface area contributed by atoms with Crippen molar-refractivity contribution in [1.29, 1.82) is 0 Å². The van der Waals surface area contributed by atoms with Gasteiger partial charge in [-0.15, -0.1) is 0 Å². The number of rotatable bonds is 4. The summed E-state index contributed by atoms with van der Waals surface area (Å²) in [5.74, 6) is -2.67. The van der Waals surface area contributed by atoms with Crippen molar-refractivity contribution in [3.8, 4) is 0 Å². The molecule has 1 heterocycles. The van der Waals surface area contributed by atoms with Crippen LogP contribution in [0.2, 0.25) is 0 Å². The average molecular weight is 247 g/mol. The van der Waals surface area contributed by atoms with Crippen LogP contribution in [0.3, 0.4) is 0 Å². The average Bonchev–Trinajstić information content (AvgIpc) is 2.65. The minimum atomic E-state index is -1.33. The Labute approximate surface area is 101 Å². The molecule has 0 aliphatic heterocycles. The van der Waals surface area contributed by atoms with Crippen LogP contribution < -0.4 is 0 Å². The molecule has 0 aliphatic rings. The normalized spacial score (nSPS) is 10.5. The maximum Gasteiger partial charge on any atom is 0.311 e. The van der Waals surface area contributed by atoms with Crippen LogP contribution in [-0.2, 0) is 9.59 Å². The van der Waals surface area contributed by atoms with Crippen molar-refractivity contribution in [3.05, 3.63) is 29.7 Å². The fraction of sp³-hybridized carbons (Fsp3) is 0.167. The maximum absolute atomic E-state index is 11.7. The Morgan fingerprint density at radius 3 is 2.72 bits per heavy atom. The molecule has 0 unspecified atom stereocenters. The molecule has 0 saturated carbocycles. The first kappa shape index (κ1) is 12.0. The molecule has 2 aromatic rings. The Balaban J connectivity index is 2.33. The first-order chi connectivity index (χ1) is 8.47. The first-order valence-electron chi connectivity index (χ1n) is 5.14. The third-order valence-corrected chi connectivity index (χ3v) is 2.32. The van der Waals surface area contributed by atoms with Gasteiger partial charge in [0.05, 0.1) is 0 Å². The molecule has 6 nitrogen and oxygen atoms in total. The third-order valence-electron chi connectivity index (χ3n) is 2.32. The number of nitrogens with zero attached hydrogens (tertiary/aromatic N) is 1. The number of benzene rings is 1. The summed E-state index contributed by atoms with van der Waals surface area (Å²) in [6, 6.07) is 4.35. The fourth-order valence-electron chi connectivity index (χ4n) is 1.56. The van der Waals surface area contributed by atoms with E-state index in [2.05, 4.69) is 4.98 Å². The summed E-state index contributed by atoms with van der Waals surface area (Å²) < 4.78 is 5.23. The number of oxazole rings is 1. The van der Waals surface area contributed by atoms with Crippen molar-refractivity contribution >= 4 is 28.6 Å². The van der Waals surface area contributed by atoms with Crippen molar-refractivity contribution in [2.24, 2.45) is 0 Å².